The van der Waals surface area contributed by atoms with Crippen LogP contribution in [0.1, 0.15) is 17.3 Å². The van der Waals surface area contributed by atoms with E-state index in [1.165, 1.54) is 13.1 Å². The fourth-order valence-electron chi connectivity index (χ4n) is 1.40. The lowest BCUT2D eigenvalue weighted by Gasteiger charge is -1.97. The molecule has 0 spiro atoms. The average Bonchev–Trinajstić information content (AvgIpc) is 2.59. The Bertz CT molecular complexity index is 557. The molecule has 2 aromatic rings. The Balaban J connectivity index is 2.66. The van der Waals surface area contributed by atoms with Crippen molar-refractivity contribution in [1.29, 1.82) is 0 Å². The Kier molecular flexibility index (Phi) is 2.00. The van der Waals surface area contributed by atoms with E-state index in [2.05, 4.69) is 5.10 Å². The first-order valence-electron chi connectivity index (χ1n) is 4.31. The second-order valence-electron chi connectivity index (χ2n) is 3.17. The molecule has 1 aromatic carbocycles. The number of benzene rings is 1. The maximum atomic E-state index is 11.1. The van der Waals surface area contributed by atoms with Crippen molar-refractivity contribution in [1.82, 2.24) is 9.78 Å². The molecule has 1 aromatic heterocycles. The number of aromatic nitrogens is 2. The van der Waals surface area contributed by atoms with E-state index in [9.17, 15) is 9.59 Å². The number of nitrogens with zero attached hydrogens (tertiary/aromatic N) is 2. The molecule has 0 aliphatic heterocycles. The minimum absolute atomic E-state index is 0.0556. The average molecular weight is 204 g/mol. The van der Waals surface area contributed by atoms with E-state index in [0.29, 0.717) is 16.5 Å². The van der Waals surface area contributed by atoms with Gasteiger partial charge >= 0.3 is 6.09 Å². The van der Waals surface area contributed by atoms with E-state index in [1.807, 2.05) is 0 Å². The van der Waals surface area contributed by atoms with Gasteiger partial charge in [-0.1, -0.05) is 0 Å². The molecule has 0 unspecified atom stereocenters. The minimum Gasteiger partial charge on any atom is -0.463 e. The van der Waals surface area contributed by atoms with Gasteiger partial charge in [-0.2, -0.15) is 9.78 Å². The summed E-state index contributed by atoms with van der Waals surface area (Å²) in [6, 6.07) is 4.79. The highest BCUT2D eigenvalue weighted by atomic mass is 16.4. The van der Waals surface area contributed by atoms with Gasteiger partial charge in [0.1, 0.15) is 0 Å². The molecule has 0 radical (unpaired) electrons. The van der Waals surface area contributed by atoms with Gasteiger partial charge in [0.2, 0.25) is 0 Å². The quantitative estimate of drug-likeness (QED) is 0.718. The zero-order valence-electron chi connectivity index (χ0n) is 7.97. The van der Waals surface area contributed by atoms with Gasteiger partial charge in [0.05, 0.1) is 11.7 Å². The second kappa shape index (κ2) is 3.20. The van der Waals surface area contributed by atoms with Crippen molar-refractivity contribution in [3.8, 4) is 0 Å². The topological polar surface area (TPSA) is 72.2 Å². The van der Waals surface area contributed by atoms with E-state index in [0.717, 1.165) is 4.68 Å². The normalized spacial score (nSPS) is 10.5. The summed E-state index contributed by atoms with van der Waals surface area (Å²) in [5.41, 5.74) is 1.03. The van der Waals surface area contributed by atoms with Crippen molar-refractivity contribution in [3.05, 3.63) is 30.0 Å². The SMILES string of the molecule is CC(=O)c1ccc2c(cnn2C(=O)O)c1. The van der Waals surface area contributed by atoms with Gasteiger partial charge in [0.25, 0.3) is 0 Å². The monoisotopic (exact) mass is 204 g/mol. The van der Waals surface area contributed by atoms with Crippen molar-refractivity contribution in [2.75, 3.05) is 0 Å². The van der Waals surface area contributed by atoms with Gasteiger partial charge < -0.3 is 5.11 Å². The van der Waals surface area contributed by atoms with Crippen LogP contribution >= 0.6 is 0 Å². The number of carbonyl (C=O) groups is 2. The number of rotatable bonds is 1. The molecular weight excluding hydrogens is 196 g/mol. The summed E-state index contributed by atoms with van der Waals surface area (Å²) in [6.45, 7) is 1.46. The van der Waals surface area contributed by atoms with Crippen molar-refractivity contribution >= 4 is 22.8 Å². The lowest BCUT2D eigenvalue weighted by molar-refractivity contribution is 0.101. The Morgan fingerprint density at radius 3 is 2.73 bits per heavy atom. The first-order chi connectivity index (χ1) is 7.09. The van der Waals surface area contributed by atoms with Crippen molar-refractivity contribution in [2.24, 2.45) is 0 Å². The largest absolute Gasteiger partial charge is 0.463 e. The molecule has 76 valence electrons. The number of hydrogen-bond donors (Lipinski definition) is 1. The lowest BCUT2D eigenvalue weighted by Crippen LogP contribution is -2.08. The third-order valence-corrected chi connectivity index (χ3v) is 2.16. The summed E-state index contributed by atoms with van der Waals surface area (Å²) in [7, 11) is 0. The zero-order chi connectivity index (χ0) is 11.0. The Morgan fingerprint density at radius 1 is 1.40 bits per heavy atom. The van der Waals surface area contributed by atoms with Gasteiger partial charge in [-0.25, -0.2) is 4.79 Å². The number of Topliss-reactive ketones (excluding diaryl/α,β-unsaturated/α-hetero) is 1. The lowest BCUT2D eigenvalue weighted by atomic mass is 10.1. The van der Waals surface area contributed by atoms with Crippen LogP contribution in [-0.2, 0) is 0 Å². The molecule has 2 rings (SSSR count). The van der Waals surface area contributed by atoms with Crippen LogP contribution in [0.2, 0.25) is 0 Å². The Hall–Kier alpha value is -2.17. The van der Waals surface area contributed by atoms with Gasteiger partial charge in [-0.3, -0.25) is 4.79 Å². The van der Waals surface area contributed by atoms with Gasteiger partial charge in [-0.05, 0) is 25.1 Å². The van der Waals surface area contributed by atoms with Crippen LogP contribution < -0.4 is 0 Å². The first-order valence-corrected chi connectivity index (χ1v) is 4.31. The zero-order valence-corrected chi connectivity index (χ0v) is 7.97. The third-order valence-electron chi connectivity index (χ3n) is 2.16. The van der Waals surface area contributed by atoms with E-state index in [4.69, 9.17) is 5.11 Å². The molecule has 0 aliphatic carbocycles. The summed E-state index contributed by atoms with van der Waals surface area (Å²) in [6.07, 6.45) is 0.288. The van der Waals surface area contributed by atoms with E-state index in [-0.39, 0.29) is 5.78 Å². The van der Waals surface area contributed by atoms with Crippen LogP contribution in [0.5, 0.6) is 0 Å². The van der Waals surface area contributed by atoms with Crippen LogP contribution in [-0.4, -0.2) is 26.8 Å². The van der Waals surface area contributed by atoms with Crippen molar-refractivity contribution in [3.63, 3.8) is 0 Å². The van der Waals surface area contributed by atoms with Crippen LogP contribution in [0, 0.1) is 0 Å². The second-order valence-corrected chi connectivity index (χ2v) is 3.17. The molecule has 1 N–H and O–H groups in total. The van der Waals surface area contributed by atoms with Crippen molar-refractivity contribution < 1.29 is 14.7 Å². The Morgan fingerprint density at radius 2 is 2.13 bits per heavy atom. The molecule has 0 amide bonds. The maximum Gasteiger partial charge on any atom is 0.432 e. The first kappa shape index (κ1) is 9.39. The van der Waals surface area contributed by atoms with Gasteiger partial charge in [-0.15, -0.1) is 0 Å². The molecule has 0 saturated carbocycles. The van der Waals surface area contributed by atoms with Crippen molar-refractivity contribution in [2.45, 2.75) is 6.92 Å². The van der Waals surface area contributed by atoms with E-state index >= 15 is 0 Å². The van der Waals surface area contributed by atoms with Gasteiger partial charge in [0, 0.05) is 10.9 Å². The molecule has 0 bridgehead atoms. The predicted octanol–water partition coefficient (Wildman–Crippen LogP) is 1.76. The molecule has 0 atom stereocenters. The van der Waals surface area contributed by atoms with Crippen LogP contribution in [0.15, 0.2) is 24.4 Å². The van der Waals surface area contributed by atoms with Crippen LogP contribution in [0.4, 0.5) is 4.79 Å². The fraction of sp³-hybridized carbons (Fsp3) is 0.100. The molecule has 15 heavy (non-hydrogen) atoms. The van der Waals surface area contributed by atoms with E-state index in [1.54, 1.807) is 18.2 Å². The summed E-state index contributed by atoms with van der Waals surface area (Å²) in [5, 5.41) is 13.1. The smallest absolute Gasteiger partial charge is 0.432 e. The summed E-state index contributed by atoms with van der Waals surface area (Å²) < 4.78 is 0.874. The highest BCUT2D eigenvalue weighted by Crippen LogP contribution is 2.15. The number of ketones is 1. The minimum atomic E-state index is -1.14. The number of fused-ring (bicyclic) bond motifs is 1. The fourth-order valence-corrected chi connectivity index (χ4v) is 1.40. The number of carbonyl (C=O) groups excluding carboxylic acids is 1. The van der Waals surface area contributed by atoms with Crippen LogP contribution in [0.3, 0.4) is 0 Å². The summed E-state index contributed by atoms with van der Waals surface area (Å²) in [4.78, 5) is 21.8. The summed E-state index contributed by atoms with van der Waals surface area (Å²) in [5.74, 6) is -0.0556. The van der Waals surface area contributed by atoms with Crippen LogP contribution in [0.25, 0.3) is 10.9 Å². The molecule has 5 heteroatoms. The standard InChI is InChI=1S/C10H8N2O3/c1-6(13)7-2-3-9-8(4-7)5-11-12(9)10(14)15/h2-5H,1H3,(H,14,15). The third kappa shape index (κ3) is 1.48. The molecule has 1 heterocycles. The van der Waals surface area contributed by atoms with Gasteiger partial charge in [0.15, 0.2) is 5.78 Å². The highest BCUT2D eigenvalue weighted by Gasteiger charge is 2.09. The molecule has 0 saturated heterocycles. The Labute approximate surface area is 84.9 Å². The number of hydrogen-bond acceptors (Lipinski definition) is 3. The molecule has 0 fully saturated rings. The molecule has 5 nitrogen and oxygen atoms in total. The molecule has 0 aliphatic rings. The molecular formula is C10H8N2O3. The summed E-state index contributed by atoms with van der Waals surface area (Å²) >= 11 is 0. The predicted molar refractivity (Wildman–Crippen MR) is 53.2 cm³/mol. The maximum absolute atomic E-state index is 11.1. The highest BCUT2D eigenvalue weighted by molar-refractivity contribution is 5.98. The van der Waals surface area contributed by atoms with E-state index < -0.39 is 6.09 Å². The number of carboxylic acid groups (broad SMARTS) is 1.